The SMILES string of the molecule is O=C(O)CC(O)(CC(=O)O)C(=O)O.[H-].[Na+].c1ccc2n[nH]nc2c1. The van der Waals surface area contributed by atoms with Crippen LogP contribution < -0.4 is 29.6 Å². The Balaban J connectivity index is 0. The molecule has 1 aromatic carbocycles. The maximum Gasteiger partial charge on any atom is 1.00 e. The van der Waals surface area contributed by atoms with Crippen LogP contribution in [0, 0.1) is 0 Å². The Hall–Kier alpha value is -2.01. The number of carboxylic acids is 3. The van der Waals surface area contributed by atoms with Crippen molar-refractivity contribution in [2.75, 3.05) is 0 Å². The predicted octanol–water partition coefficient (Wildman–Crippen LogP) is -3.17. The third-order valence-electron chi connectivity index (χ3n) is 2.51. The molecular formula is C12H14N3NaO7. The van der Waals surface area contributed by atoms with Gasteiger partial charge in [0.2, 0.25) is 0 Å². The van der Waals surface area contributed by atoms with Gasteiger partial charge in [0.05, 0.1) is 12.8 Å². The van der Waals surface area contributed by atoms with Crippen LogP contribution in [0.2, 0.25) is 0 Å². The molecule has 1 aromatic heterocycles. The first-order valence-electron chi connectivity index (χ1n) is 5.89. The number of carbonyl (C=O) groups is 3. The van der Waals surface area contributed by atoms with Crippen molar-refractivity contribution in [2.24, 2.45) is 0 Å². The summed E-state index contributed by atoms with van der Waals surface area (Å²) >= 11 is 0. The fourth-order valence-electron chi connectivity index (χ4n) is 1.50. The largest absolute Gasteiger partial charge is 1.00 e. The van der Waals surface area contributed by atoms with Crippen molar-refractivity contribution < 1.29 is 65.8 Å². The van der Waals surface area contributed by atoms with E-state index in [0.29, 0.717) is 0 Å². The van der Waals surface area contributed by atoms with E-state index in [4.69, 9.17) is 20.4 Å². The van der Waals surface area contributed by atoms with Crippen LogP contribution in [0.3, 0.4) is 0 Å². The van der Waals surface area contributed by atoms with Crippen molar-refractivity contribution in [2.45, 2.75) is 18.4 Å². The number of aromatic nitrogens is 3. The topological polar surface area (TPSA) is 174 Å². The van der Waals surface area contributed by atoms with E-state index in [1.807, 2.05) is 24.3 Å². The van der Waals surface area contributed by atoms with Crippen LogP contribution in [-0.2, 0) is 14.4 Å². The number of nitrogens with one attached hydrogen (secondary N) is 1. The molecule has 0 aliphatic carbocycles. The molecule has 0 saturated heterocycles. The third kappa shape index (κ3) is 6.74. The van der Waals surface area contributed by atoms with Crippen LogP contribution in [0.1, 0.15) is 14.3 Å². The molecule has 0 aliphatic heterocycles. The number of rotatable bonds is 5. The second-order valence-corrected chi connectivity index (χ2v) is 4.29. The van der Waals surface area contributed by atoms with Crippen LogP contribution in [0.4, 0.5) is 0 Å². The van der Waals surface area contributed by atoms with Crippen LogP contribution in [-0.4, -0.2) is 59.3 Å². The van der Waals surface area contributed by atoms with Gasteiger partial charge < -0.3 is 21.9 Å². The van der Waals surface area contributed by atoms with Gasteiger partial charge in [0.25, 0.3) is 0 Å². The second-order valence-electron chi connectivity index (χ2n) is 4.29. The summed E-state index contributed by atoms with van der Waals surface area (Å²) in [6, 6.07) is 7.70. The van der Waals surface area contributed by atoms with Gasteiger partial charge in [-0.05, 0) is 12.1 Å². The molecular weight excluding hydrogens is 321 g/mol. The fraction of sp³-hybridized carbons (Fsp3) is 0.250. The minimum absolute atomic E-state index is 0. The van der Waals surface area contributed by atoms with Gasteiger partial charge in [0, 0.05) is 0 Å². The van der Waals surface area contributed by atoms with E-state index in [2.05, 4.69) is 15.4 Å². The van der Waals surface area contributed by atoms with Crippen molar-refractivity contribution in [1.29, 1.82) is 0 Å². The molecule has 0 radical (unpaired) electrons. The Kier molecular flexibility index (Phi) is 8.40. The number of para-hydroxylation sites is 2. The molecule has 2 aromatic rings. The zero-order chi connectivity index (χ0) is 16.8. The van der Waals surface area contributed by atoms with Crippen molar-refractivity contribution >= 4 is 28.9 Å². The molecule has 1 heterocycles. The number of H-pyrrole nitrogens is 1. The summed E-state index contributed by atoms with van der Waals surface area (Å²) in [7, 11) is 0. The van der Waals surface area contributed by atoms with Gasteiger partial charge in [-0.3, -0.25) is 9.59 Å². The molecule has 0 spiro atoms. The van der Waals surface area contributed by atoms with E-state index >= 15 is 0 Å². The summed E-state index contributed by atoms with van der Waals surface area (Å²) < 4.78 is 0. The molecule has 0 aliphatic rings. The summed E-state index contributed by atoms with van der Waals surface area (Å²) in [6.07, 6.45) is -2.29. The third-order valence-corrected chi connectivity index (χ3v) is 2.51. The number of fused-ring (bicyclic) bond motifs is 1. The number of hydrogen-bond donors (Lipinski definition) is 5. The Morgan fingerprint density at radius 2 is 1.39 bits per heavy atom. The number of aliphatic carboxylic acids is 3. The quantitative estimate of drug-likeness (QED) is 0.353. The summed E-state index contributed by atoms with van der Waals surface area (Å²) in [5, 5.41) is 44.1. The maximum absolute atomic E-state index is 10.3. The van der Waals surface area contributed by atoms with Gasteiger partial charge in [0.15, 0.2) is 5.60 Å². The standard InChI is InChI=1S/C6H5N3.C6H8O7.Na.H/c1-2-4-6-5(3-1)7-9-8-6;7-3(8)1-6(13,5(11)12)2-4(9)10;;/h1-4H,(H,7,8,9);13H,1-2H2,(H,7,8)(H,9,10)(H,11,12);;/q;;+1;-1. The summed E-state index contributed by atoms with van der Waals surface area (Å²) in [5.41, 5.74) is -0.910. The Morgan fingerprint density at radius 1 is 1.00 bits per heavy atom. The fourth-order valence-corrected chi connectivity index (χ4v) is 1.50. The average Bonchev–Trinajstić information content (AvgIpc) is 2.85. The number of carboxylic acid groups (broad SMARTS) is 3. The molecule has 0 saturated carbocycles. The van der Waals surface area contributed by atoms with E-state index in [1.54, 1.807) is 0 Å². The molecule has 10 nitrogen and oxygen atoms in total. The zero-order valence-corrected chi connectivity index (χ0v) is 14.1. The summed E-state index contributed by atoms with van der Waals surface area (Å²) in [5.74, 6) is -5.02. The van der Waals surface area contributed by atoms with Crippen molar-refractivity contribution in [3.8, 4) is 0 Å². The molecule has 0 fully saturated rings. The van der Waals surface area contributed by atoms with E-state index in [-0.39, 0.29) is 31.0 Å². The monoisotopic (exact) mass is 335 g/mol. The normalized spacial score (nSPS) is 10.1. The number of aliphatic hydroxyl groups is 1. The minimum atomic E-state index is -2.74. The number of nitrogens with zero attached hydrogens (tertiary/aromatic N) is 2. The molecule has 0 unspecified atom stereocenters. The van der Waals surface area contributed by atoms with Crippen LogP contribution in [0.15, 0.2) is 24.3 Å². The van der Waals surface area contributed by atoms with E-state index in [0.717, 1.165) is 11.0 Å². The first kappa shape index (κ1) is 21.0. The summed E-state index contributed by atoms with van der Waals surface area (Å²) in [4.78, 5) is 30.5. The van der Waals surface area contributed by atoms with E-state index in [9.17, 15) is 14.4 Å². The van der Waals surface area contributed by atoms with Gasteiger partial charge in [0.1, 0.15) is 11.0 Å². The smallest absolute Gasteiger partial charge is 1.00 e. The van der Waals surface area contributed by atoms with Gasteiger partial charge in [-0.1, -0.05) is 12.1 Å². The van der Waals surface area contributed by atoms with Gasteiger partial charge >= 0.3 is 47.5 Å². The molecule has 0 amide bonds. The molecule has 11 heteroatoms. The molecule has 23 heavy (non-hydrogen) atoms. The Morgan fingerprint density at radius 3 is 1.70 bits per heavy atom. The predicted molar refractivity (Wildman–Crippen MR) is 72.1 cm³/mol. The van der Waals surface area contributed by atoms with Crippen molar-refractivity contribution in [3.05, 3.63) is 24.3 Å². The average molecular weight is 335 g/mol. The van der Waals surface area contributed by atoms with Gasteiger partial charge in [-0.15, -0.1) is 0 Å². The van der Waals surface area contributed by atoms with Crippen molar-refractivity contribution in [1.82, 2.24) is 15.4 Å². The van der Waals surface area contributed by atoms with Crippen molar-refractivity contribution in [3.63, 3.8) is 0 Å². The second kappa shape index (κ2) is 9.20. The molecule has 120 valence electrons. The number of hydrogen-bond acceptors (Lipinski definition) is 6. The minimum Gasteiger partial charge on any atom is -1.00 e. The van der Waals surface area contributed by atoms with Gasteiger partial charge in [-0.25, -0.2) is 4.79 Å². The van der Waals surface area contributed by atoms with E-state index < -0.39 is 36.4 Å². The molecule has 0 bridgehead atoms. The number of aromatic amines is 1. The zero-order valence-electron chi connectivity index (χ0n) is 13.1. The molecule has 5 N–H and O–H groups in total. The van der Waals surface area contributed by atoms with Crippen LogP contribution >= 0.6 is 0 Å². The Labute approximate surface area is 152 Å². The van der Waals surface area contributed by atoms with Crippen LogP contribution in [0.5, 0.6) is 0 Å². The number of benzene rings is 1. The molecule has 2 rings (SSSR count). The molecule has 0 atom stereocenters. The summed E-state index contributed by atoms with van der Waals surface area (Å²) in [6.45, 7) is 0. The Bertz CT molecular complexity index is 648. The maximum atomic E-state index is 10.3. The van der Waals surface area contributed by atoms with Gasteiger partial charge in [-0.2, -0.15) is 15.4 Å². The van der Waals surface area contributed by atoms with E-state index in [1.165, 1.54) is 0 Å². The first-order chi connectivity index (χ1) is 10.2. The van der Waals surface area contributed by atoms with Crippen LogP contribution in [0.25, 0.3) is 11.0 Å². The first-order valence-corrected chi connectivity index (χ1v) is 5.89.